The quantitative estimate of drug-likeness (QED) is 0.822. The molecule has 0 spiro atoms. The molecule has 0 aliphatic heterocycles. The maximum Gasteiger partial charge on any atom is 0.255 e. The predicted molar refractivity (Wildman–Crippen MR) is 92.9 cm³/mol. The largest absolute Gasteiger partial charge is 0.493 e. The van der Waals surface area contributed by atoms with E-state index >= 15 is 0 Å². The second-order valence-corrected chi connectivity index (χ2v) is 5.31. The van der Waals surface area contributed by atoms with E-state index in [1.165, 1.54) is 0 Å². The maximum absolute atomic E-state index is 12.2. The first kappa shape index (κ1) is 17.5. The molecule has 0 saturated carbocycles. The van der Waals surface area contributed by atoms with Gasteiger partial charge in [-0.25, -0.2) is 0 Å². The van der Waals surface area contributed by atoms with Gasteiger partial charge in [-0.2, -0.15) is 0 Å². The Morgan fingerprint density at radius 3 is 2.42 bits per heavy atom. The Hall–Kier alpha value is -2.82. The van der Waals surface area contributed by atoms with Gasteiger partial charge in [0.2, 0.25) is 5.91 Å². The number of rotatable bonds is 7. The summed E-state index contributed by atoms with van der Waals surface area (Å²) in [5, 5.41) is 5.48. The summed E-state index contributed by atoms with van der Waals surface area (Å²) in [4.78, 5) is 24.2. The summed E-state index contributed by atoms with van der Waals surface area (Å²) in [6.45, 7) is 4.14. The monoisotopic (exact) mass is 326 g/mol. The van der Waals surface area contributed by atoms with Crippen LogP contribution in [-0.4, -0.2) is 25.0 Å². The third-order valence-corrected chi connectivity index (χ3v) is 3.52. The van der Waals surface area contributed by atoms with Crippen LogP contribution >= 0.6 is 0 Å². The number of nitrogens with one attached hydrogen (secondary N) is 2. The summed E-state index contributed by atoms with van der Waals surface area (Å²) in [6.07, 6.45) is 0. The molecule has 0 aliphatic carbocycles. The van der Waals surface area contributed by atoms with Gasteiger partial charge in [-0.3, -0.25) is 9.59 Å². The Labute approximate surface area is 142 Å². The number of benzene rings is 2. The second-order valence-electron chi connectivity index (χ2n) is 5.31. The van der Waals surface area contributed by atoms with Gasteiger partial charge >= 0.3 is 0 Å². The Bertz CT molecular complexity index is 686. The van der Waals surface area contributed by atoms with E-state index in [-0.39, 0.29) is 24.4 Å². The maximum atomic E-state index is 12.2. The molecule has 24 heavy (non-hydrogen) atoms. The van der Waals surface area contributed by atoms with Crippen molar-refractivity contribution in [2.24, 2.45) is 0 Å². The highest BCUT2D eigenvalue weighted by molar-refractivity contribution is 5.98. The molecule has 1 atom stereocenters. The van der Waals surface area contributed by atoms with Crippen molar-refractivity contribution in [3.63, 3.8) is 0 Å². The Morgan fingerprint density at radius 2 is 1.71 bits per heavy atom. The van der Waals surface area contributed by atoms with Gasteiger partial charge < -0.3 is 15.4 Å². The number of hydrogen-bond acceptors (Lipinski definition) is 3. The normalized spacial score (nSPS) is 11.4. The zero-order chi connectivity index (χ0) is 17.4. The lowest BCUT2D eigenvalue weighted by molar-refractivity contribution is -0.120. The van der Waals surface area contributed by atoms with Gasteiger partial charge in [-0.05, 0) is 31.5 Å². The van der Waals surface area contributed by atoms with Crippen LogP contribution < -0.4 is 15.4 Å². The predicted octanol–water partition coefficient (Wildman–Crippen LogP) is 2.69. The molecule has 2 N–H and O–H groups in total. The Balaban J connectivity index is 1.89. The third-order valence-electron chi connectivity index (χ3n) is 3.52. The van der Waals surface area contributed by atoms with Gasteiger partial charge in [-0.1, -0.05) is 42.5 Å². The molecule has 0 radical (unpaired) electrons. The van der Waals surface area contributed by atoms with Crippen molar-refractivity contribution in [2.75, 3.05) is 13.2 Å². The average Bonchev–Trinajstić information content (AvgIpc) is 2.61. The van der Waals surface area contributed by atoms with Crippen LogP contribution in [0.2, 0.25) is 0 Å². The topological polar surface area (TPSA) is 67.4 Å². The van der Waals surface area contributed by atoms with E-state index in [1.54, 1.807) is 24.3 Å². The second kappa shape index (κ2) is 8.72. The van der Waals surface area contributed by atoms with Crippen molar-refractivity contribution < 1.29 is 14.3 Å². The van der Waals surface area contributed by atoms with Crippen molar-refractivity contribution in [3.05, 3.63) is 65.7 Å². The molecule has 0 aromatic heterocycles. The first-order chi connectivity index (χ1) is 11.6. The lowest BCUT2D eigenvalue weighted by Gasteiger charge is -2.15. The van der Waals surface area contributed by atoms with Gasteiger partial charge in [0.05, 0.1) is 24.8 Å². The SMILES string of the molecule is CCOc1ccccc1C(=O)NCC(=O)N[C@H](C)c1ccccc1. The molecule has 0 unspecified atom stereocenters. The fourth-order valence-electron chi connectivity index (χ4n) is 2.31. The molecule has 5 nitrogen and oxygen atoms in total. The van der Waals surface area contributed by atoms with Gasteiger partial charge in [0.1, 0.15) is 5.75 Å². The molecular formula is C19H22N2O3. The molecule has 2 aromatic carbocycles. The number of amides is 2. The van der Waals surface area contributed by atoms with E-state index in [0.29, 0.717) is 17.9 Å². The van der Waals surface area contributed by atoms with E-state index in [0.717, 1.165) is 5.56 Å². The number of carbonyl (C=O) groups is 2. The van der Waals surface area contributed by atoms with Crippen LogP contribution in [0.4, 0.5) is 0 Å². The molecule has 0 bridgehead atoms. The fraction of sp³-hybridized carbons (Fsp3) is 0.263. The van der Waals surface area contributed by atoms with Gasteiger partial charge in [-0.15, -0.1) is 0 Å². The summed E-state index contributed by atoms with van der Waals surface area (Å²) in [7, 11) is 0. The first-order valence-electron chi connectivity index (χ1n) is 7.96. The zero-order valence-electron chi connectivity index (χ0n) is 13.9. The van der Waals surface area contributed by atoms with Crippen molar-refractivity contribution in [1.82, 2.24) is 10.6 Å². The fourth-order valence-corrected chi connectivity index (χ4v) is 2.31. The van der Waals surface area contributed by atoms with Crippen LogP contribution in [0.3, 0.4) is 0 Å². The molecule has 2 amide bonds. The van der Waals surface area contributed by atoms with Crippen LogP contribution in [0.5, 0.6) is 5.75 Å². The Morgan fingerprint density at radius 1 is 1.04 bits per heavy atom. The lowest BCUT2D eigenvalue weighted by atomic mass is 10.1. The number of hydrogen-bond donors (Lipinski definition) is 2. The summed E-state index contributed by atoms with van der Waals surface area (Å²) < 4.78 is 5.43. The summed E-state index contributed by atoms with van der Waals surface area (Å²) in [6, 6.07) is 16.5. The molecule has 5 heteroatoms. The lowest BCUT2D eigenvalue weighted by Crippen LogP contribution is -2.38. The van der Waals surface area contributed by atoms with Crippen LogP contribution in [0.15, 0.2) is 54.6 Å². The molecule has 0 heterocycles. The highest BCUT2D eigenvalue weighted by Crippen LogP contribution is 2.17. The third kappa shape index (κ3) is 4.84. The smallest absolute Gasteiger partial charge is 0.255 e. The van der Waals surface area contributed by atoms with Crippen molar-refractivity contribution in [2.45, 2.75) is 19.9 Å². The summed E-state index contributed by atoms with van der Waals surface area (Å²) in [5.74, 6) is -0.0641. The van der Waals surface area contributed by atoms with Crippen LogP contribution in [0.1, 0.15) is 35.8 Å². The van der Waals surface area contributed by atoms with Crippen molar-refractivity contribution >= 4 is 11.8 Å². The van der Waals surface area contributed by atoms with E-state index in [9.17, 15) is 9.59 Å². The number of ether oxygens (including phenoxy) is 1. The first-order valence-corrected chi connectivity index (χ1v) is 7.96. The molecule has 0 fully saturated rings. The minimum absolute atomic E-state index is 0.0868. The minimum atomic E-state index is -0.332. The molecule has 126 valence electrons. The Kier molecular flexibility index (Phi) is 6.37. The van der Waals surface area contributed by atoms with Gasteiger partial charge in [0.25, 0.3) is 5.91 Å². The summed E-state index contributed by atoms with van der Waals surface area (Å²) in [5.41, 5.74) is 1.43. The summed E-state index contributed by atoms with van der Waals surface area (Å²) >= 11 is 0. The zero-order valence-corrected chi connectivity index (χ0v) is 13.9. The number of para-hydroxylation sites is 1. The average molecular weight is 326 g/mol. The molecule has 2 rings (SSSR count). The highest BCUT2D eigenvalue weighted by atomic mass is 16.5. The van der Waals surface area contributed by atoms with E-state index in [1.807, 2.05) is 44.2 Å². The van der Waals surface area contributed by atoms with E-state index < -0.39 is 0 Å². The molecule has 2 aromatic rings. The molecule has 0 saturated heterocycles. The van der Waals surface area contributed by atoms with Crippen molar-refractivity contribution in [1.29, 1.82) is 0 Å². The standard InChI is InChI=1S/C19H22N2O3/c1-3-24-17-12-8-7-11-16(17)19(23)20-13-18(22)21-14(2)15-9-5-4-6-10-15/h4-12,14H,3,13H2,1-2H3,(H,20,23)(H,21,22)/t14-/m1/s1. The number of carbonyl (C=O) groups excluding carboxylic acids is 2. The highest BCUT2D eigenvalue weighted by Gasteiger charge is 2.14. The van der Waals surface area contributed by atoms with Crippen LogP contribution in [0, 0.1) is 0 Å². The minimum Gasteiger partial charge on any atom is -0.493 e. The van der Waals surface area contributed by atoms with Crippen molar-refractivity contribution in [3.8, 4) is 5.75 Å². The molecule has 0 aliphatic rings. The molecular weight excluding hydrogens is 304 g/mol. The van der Waals surface area contributed by atoms with E-state index in [4.69, 9.17) is 4.74 Å². The van der Waals surface area contributed by atoms with Crippen LogP contribution in [-0.2, 0) is 4.79 Å². The van der Waals surface area contributed by atoms with E-state index in [2.05, 4.69) is 10.6 Å². The van der Waals surface area contributed by atoms with Gasteiger partial charge in [0, 0.05) is 0 Å². The van der Waals surface area contributed by atoms with Crippen LogP contribution in [0.25, 0.3) is 0 Å². The van der Waals surface area contributed by atoms with Gasteiger partial charge in [0.15, 0.2) is 0 Å².